The van der Waals surface area contributed by atoms with Gasteiger partial charge in [0.05, 0.1) is 5.38 Å². The molecule has 2 heterocycles. The van der Waals surface area contributed by atoms with Crippen LogP contribution in [0.3, 0.4) is 0 Å². The summed E-state index contributed by atoms with van der Waals surface area (Å²) in [6.45, 7) is 5.95. The summed E-state index contributed by atoms with van der Waals surface area (Å²) in [5.74, 6) is -4.09. The third-order valence-corrected chi connectivity index (χ3v) is 6.33. The fourth-order valence-electron chi connectivity index (χ4n) is 3.61. The van der Waals surface area contributed by atoms with Gasteiger partial charge < -0.3 is 24.2 Å². The smallest absolute Gasteiger partial charge is 0.350 e. The van der Waals surface area contributed by atoms with Crippen LogP contribution >= 0.6 is 11.6 Å². The molecule has 2 rings (SSSR count). The number of hydrogen-bond acceptors (Lipinski definition) is 9. The lowest BCUT2D eigenvalue weighted by Gasteiger charge is -2.39. The van der Waals surface area contributed by atoms with Gasteiger partial charge in [0.2, 0.25) is 11.4 Å². The third-order valence-electron chi connectivity index (χ3n) is 5.97. The number of likely N-dealkylation sites (N-methyl/N-ethyl adjacent to an activating group) is 1. The van der Waals surface area contributed by atoms with E-state index in [4.69, 9.17) is 25.8 Å². The van der Waals surface area contributed by atoms with Gasteiger partial charge in [-0.25, -0.2) is 9.59 Å². The molecule has 10 heteroatoms. The summed E-state index contributed by atoms with van der Waals surface area (Å²) in [5.41, 5.74) is -3.91. The summed E-state index contributed by atoms with van der Waals surface area (Å²) in [6, 6.07) is 0. The molecule has 0 aromatic rings. The van der Waals surface area contributed by atoms with Crippen molar-refractivity contribution < 1.29 is 38.5 Å². The Labute approximate surface area is 186 Å². The number of aliphatic hydroxyl groups is 1. The van der Waals surface area contributed by atoms with Crippen LogP contribution in [0.4, 0.5) is 0 Å². The number of fused-ring (bicyclic) bond motifs is 2. The van der Waals surface area contributed by atoms with Crippen LogP contribution < -0.4 is 0 Å². The standard InChI is InChI=1S/C21H30ClNO8/c1-12-10-21(28,13(2)22)19(27)30-16-7-9-23(5)8-6-15(17(16)25)11-29-18(26)20(12,4)31-14(3)24/h6,12-13,16,28H,7-11H2,1-5H3/b15-6-/t12-,13-,16-,20-,21+/m1/s1. The molecular weight excluding hydrogens is 430 g/mol. The van der Waals surface area contributed by atoms with Crippen molar-refractivity contribution in [1.82, 2.24) is 4.90 Å². The van der Waals surface area contributed by atoms with Gasteiger partial charge in [0.1, 0.15) is 6.61 Å². The number of ether oxygens (including phenoxy) is 3. The van der Waals surface area contributed by atoms with Crippen molar-refractivity contribution in [3.63, 3.8) is 0 Å². The van der Waals surface area contributed by atoms with Gasteiger partial charge in [-0.3, -0.25) is 9.59 Å². The summed E-state index contributed by atoms with van der Waals surface area (Å²) >= 11 is 6.16. The van der Waals surface area contributed by atoms with E-state index < -0.39 is 52.3 Å². The molecule has 1 saturated heterocycles. The molecule has 2 aliphatic rings. The molecule has 0 unspecified atom stereocenters. The molecule has 0 aromatic heterocycles. The predicted molar refractivity (Wildman–Crippen MR) is 110 cm³/mol. The number of cyclic esters (lactones) is 1. The van der Waals surface area contributed by atoms with Crippen LogP contribution in [0, 0.1) is 5.92 Å². The Morgan fingerprint density at radius 3 is 2.58 bits per heavy atom. The zero-order valence-electron chi connectivity index (χ0n) is 18.5. The molecule has 0 saturated carbocycles. The maximum absolute atomic E-state index is 13.0. The van der Waals surface area contributed by atoms with Crippen LogP contribution in [0.5, 0.6) is 0 Å². The second-order valence-electron chi connectivity index (χ2n) is 8.46. The number of carbonyl (C=O) groups excluding carboxylic acids is 4. The number of alkyl halides is 1. The topological polar surface area (TPSA) is 119 Å². The molecule has 31 heavy (non-hydrogen) atoms. The molecule has 2 aliphatic heterocycles. The molecule has 0 spiro atoms. The van der Waals surface area contributed by atoms with Crippen molar-refractivity contribution in [2.75, 3.05) is 26.7 Å². The number of carbonyl (C=O) groups is 4. The minimum absolute atomic E-state index is 0.151. The number of hydrogen-bond donors (Lipinski definition) is 1. The second-order valence-corrected chi connectivity index (χ2v) is 9.12. The molecular formula is C21H30ClNO8. The fourth-order valence-corrected chi connectivity index (χ4v) is 3.78. The van der Waals surface area contributed by atoms with Crippen molar-refractivity contribution in [3.05, 3.63) is 11.6 Å². The molecule has 174 valence electrons. The summed E-state index contributed by atoms with van der Waals surface area (Å²) in [5, 5.41) is 10.0. The zero-order valence-corrected chi connectivity index (χ0v) is 19.2. The molecule has 0 aromatic carbocycles. The molecule has 5 atom stereocenters. The number of halogens is 1. The van der Waals surface area contributed by atoms with Gasteiger partial charge in [-0.1, -0.05) is 13.0 Å². The predicted octanol–water partition coefficient (Wildman–Crippen LogP) is 0.992. The summed E-state index contributed by atoms with van der Waals surface area (Å²) in [7, 11) is 1.83. The van der Waals surface area contributed by atoms with Crippen LogP contribution in [0.15, 0.2) is 11.6 Å². The first kappa shape index (κ1) is 25.3. The number of rotatable bonds is 2. The SMILES string of the molecule is CC(=O)O[C@@]1(C)C(=O)OC/C2=C/CN(C)CC[C@@H](OC(=O)[C@@](O)([C@@H](C)Cl)C[C@H]1C)C2=O. The van der Waals surface area contributed by atoms with Crippen molar-refractivity contribution in [1.29, 1.82) is 0 Å². The van der Waals surface area contributed by atoms with Crippen molar-refractivity contribution in [2.24, 2.45) is 5.92 Å². The zero-order chi connectivity index (χ0) is 23.6. The average Bonchev–Trinajstić information content (AvgIpc) is 2.67. The minimum Gasteiger partial charge on any atom is -0.458 e. The molecule has 9 nitrogen and oxygen atoms in total. The lowest BCUT2D eigenvalue weighted by molar-refractivity contribution is -0.192. The lowest BCUT2D eigenvalue weighted by Crippen LogP contribution is -2.56. The van der Waals surface area contributed by atoms with E-state index in [2.05, 4.69) is 0 Å². The minimum atomic E-state index is -2.24. The van der Waals surface area contributed by atoms with Gasteiger partial charge in [0.15, 0.2) is 11.7 Å². The van der Waals surface area contributed by atoms with Crippen molar-refractivity contribution in [2.45, 2.75) is 63.2 Å². The highest BCUT2D eigenvalue weighted by molar-refractivity contribution is 6.23. The Morgan fingerprint density at radius 2 is 2.00 bits per heavy atom. The first-order valence-corrected chi connectivity index (χ1v) is 10.6. The van der Waals surface area contributed by atoms with Gasteiger partial charge in [-0.2, -0.15) is 0 Å². The molecule has 1 N–H and O–H groups in total. The van der Waals surface area contributed by atoms with Crippen LogP contribution in [0.2, 0.25) is 0 Å². The maximum Gasteiger partial charge on any atom is 0.350 e. The quantitative estimate of drug-likeness (QED) is 0.366. The molecule has 0 aliphatic carbocycles. The van der Waals surface area contributed by atoms with E-state index in [1.807, 2.05) is 11.9 Å². The van der Waals surface area contributed by atoms with Gasteiger partial charge in [-0.15, -0.1) is 11.6 Å². The van der Waals surface area contributed by atoms with E-state index in [0.717, 1.165) is 6.92 Å². The highest BCUT2D eigenvalue weighted by Gasteiger charge is 2.52. The Bertz CT molecular complexity index is 781. The van der Waals surface area contributed by atoms with Gasteiger partial charge >= 0.3 is 17.9 Å². The van der Waals surface area contributed by atoms with Gasteiger partial charge in [0.25, 0.3) is 0 Å². The molecule has 0 amide bonds. The van der Waals surface area contributed by atoms with Crippen LogP contribution in [-0.2, 0) is 33.4 Å². The van der Waals surface area contributed by atoms with Crippen molar-refractivity contribution >= 4 is 35.3 Å². The first-order chi connectivity index (χ1) is 14.3. The Morgan fingerprint density at radius 1 is 1.35 bits per heavy atom. The normalized spacial score (nSPS) is 36.4. The Balaban J connectivity index is 2.56. The summed E-state index contributed by atoms with van der Waals surface area (Å²) in [6.07, 6.45) is 0.292. The third kappa shape index (κ3) is 5.45. The van der Waals surface area contributed by atoms with E-state index in [0.29, 0.717) is 13.1 Å². The Kier molecular flexibility index (Phi) is 7.89. The maximum atomic E-state index is 13.0. The van der Waals surface area contributed by atoms with Crippen molar-refractivity contribution in [3.8, 4) is 0 Å². The van der Waals surface area contributed by atoms with Gasteiger partial charge in [-0.05, 0) is 27.3 Å². The number of nitrogens with zero attached hydrogens (tertiary/aromatic N) is 1. The van der Waals surface area contributed by atoms with Gasteiger partial charge in [0, 0.05) is 37.9 Å². The van der Waals surface area contributed by atoms with E-state index in [1.54, 1.807) is 6.08 Å². The van der Waals surface area contributed by atoms with E-state index in [1.165, 1.54) is 20.8 Å². The molecule has 1 fully saturated rings. The molecule has 2 bridgehead atoms. The summed E-state index contributed by atoms with van der Waals surface area (Å²) < 4.78 is 16.1. The Hall–Kier alpha value is -1.97. The first-order valence-electron chi connectivity index (χ1n) is 10.2. The second kappa shape index (κ2) is 9.67. The highest BCUT2D eigenvalue weighted by Crippen LogP contribution is 2.35. The number of esters is 3. The molecule has 0 radical (unpaired) electrons. The number of Topliss-reactive ketones (excluding diaryl/α,β-unsaturated/α-hetero) is 1. The highest BCUT2D eigenvalue weighted by atomic mass is 35.5. The lowest BCUT2D eigenvalue weighted by atomic mass is 9.79. The van der Waals surface area contributed by atoms with Crippen LogP contribution in [-0.4, -0.2) is 83.1 Å². The number of ketones is 1. The van der Waals surface area contributed by atoms with Crippen LogP contribution in [0.25, 0.3) is 0 Å². The average molecular weight is 460 g/mol. The summed E-state index contributed by atoms with van der Waals surface area (Å²) in [4.78, 5) is 52.6. The monoisotopic (exact) mass is 459 g/mol. The fraction of sp³-hybridized carbons (Fsp3) is 0.714. The van der Waals surface area contributed by atoms with Crippen LogP contribution in [0.1, 0.15) is 40.5 Å². The largest absolute Gasteiger partial charge is 0.458 e. The van der Waals surface area contributed by atoms with E-state index in [9.17, 15) is 24.3 Å². The van der Waals surface area contributed by atoms with E-state index >= 15 is 0 Å². The van der Waals surface area contributed by atoms with E-state index in [-0.39, 0.29) is 25.0 Å².